The Hall–Kier alpha value is -2.98. The van der Waals surface area contributed by atoms with Crippen molar-refractivity contribution in [2.24, 2.45) is 0 Å². The number of sulfonamides is 1. The van der Waals surface area contributed by atoms with Crippen molar-refractivity contribution in [3.8, 4) is 0 Å². The molecule has 2 fully saturated rings. The van der Waals surface area contributed by atoms with Crippen LogP contribution in [0.5, 0.6) is 0 Å². The van der Waals surface area contributed by atoms with Crippen molar-refractivity contribution < 1.29 is 22.4 Å². The summed E-state index contributed by atoms with van der Waals surface area (Å²) in [6.07, 6.45) is 2.05. The second-order valence-electron chi connectivity index (χ2n) is 8.58. The van der Waals surface area contributed by atoms with E-state index in [4.69, 9.17) is 0 Å². The standard InChI is InChI=1S/C24H29FN4O4S/c1-17(30)18-5-7-23(21(25)15-18)28-11-13-29(14-12-28)24(31)20-16-19(34(32,33)26-2)6-8-22(20)27-9-3-4-10-27/h5-8,15-16,26H,3-4,9-14H2,1-2H3. The first-order valence-electron chi connectivity index (χ1n) is 11.4. The SMILES string of the molecule is CNS(=O)(=O)c1ccc(N2CCCC2)c(C(=O)N2CCN(c3ccc(C(C)=O)cc3F)CC2)c1. The fraction of sp³-hybridized carbons (Fsp3) is 0.417. The summed E-state index contributed by atoms with van der Waals surface area (Å²) in [6.45, 7) is 4.63. The zero-order valence-corrected chi connectivity index (χ0v) is 20.2. The topological polar surface area (TPSA) is 90.0 Å². The fourth-order valence-corrected chi connectivity index (χ4v) is 5.26. The second kappa shape index (κ2) is 9.71. The van der Waals surface area contributed by atoms with Gasteiger partial charge in [0.1, 0.15) is 5.82 Å². The molecular weight excluding hydrogens is 459 g/mol. The maximum absolute atomic E-state index is 14.6. The first kappa shape index (κ1) is 24.2. The first-order chi connectivity index (χ1) is 16.2. The van der Waals surface area contributed by atoms with Crippen LogP contribution in [0.3, 0.4) is 0 Å². The van der Waals surface area contributed by atoms with Gasteiger partial charge in [-0.15, -0.1) is 0 Å². The zero-order valence-electron chi connectivity index (χ0n) is 19.4. The van der Waals surface area contributed by atoms with Gasteiger partial charge in [0.15, 0.2) is 5.78 Å². The van der Waals surface area contributed by atoms with E-state index in [0.717, 1.165) is 31.6 Å². The molecule has 0 bridgehead atoms. The highest BCUT2D eigenvalue weighted by Gasteiger charge is 2.28. The highest BCUT2D eigenvalue weighted by Crippen LogP contribution is 2.29. The molecule has 182 valence electrons. The van der Waals surface area contributed by atoms with Crippen LogP contribution in [-0.2, 0) is 10.0 Å². The summed E-state index contributed by atoms with van der Waals surface area (Å²) in [5, 5.41) is 0. The van der Waals surface area contributed by atoms with Gasteiger partial charge in [0.2, 0.25) is 10.0 Å². The zero-order chi connectivity index (χ0) is 24.5. The number of hydrogen-bond acceptors (Lipinski definition) is 6. The van der Waals surface area contributed by atoms with Gasteiger partial charge >= 0.3 is 0 Å². The number of Topliss-reactive ketones (excluding diaryl/α,β-unsaturated/α-hetero) is 1. The average Bonchev–Trinajstić information content (AvgIpc) is 3.38. The minimum Gasteiger partial charge on any atom is -0.371 e. The normalized spacial score (nSPS) is 16.7. The number of anilines is 2. The molecule has 2 aliphatic heterocycles. The molecule has 2 aromatic carbocycles. The van der Waals surface area contributed by atoms with Gasteiger partial charge in [0.25, 0.3) is 5.91 Å². The van der Waals surface area contributed by atoms with Crippen molar-refractivity contribution >= 4 is 33.1 Å². The maximum Gasteiger partial charge on any atom is 0.256 e. The lowest BCUT2D eigenvalue weighted by atomic mass is 10.1. The predicted octanol–water partition coefficient (Wildman–Crippen LogP) is 2.50. The molecule has 2 aliphatic rings. The van der Waals surface area contributed by atoms with Crippen LogP contribution < -0.4 is 14.5 Å². The van der Waals surface area contributed by atoms with Crippen LogP contribution in [0.25, 0.3) is 0 Å². The van der Waals surface area contributed by atoms with E-state index in [1.165, 1.54) is 32.2 Å². The van der Waals surface area contributed by atoms with Crippen LogP contribution in [0.2, 0.25) is 0 Å². The molecule has 4 rings (SSSR count). The minimum atomic E-state index is -3.70. The fourth-order valence-electron chi connectivity index (χ4n) is 4.51. The number of rotatable bonds is 6. The number of carbonyl (C=O) groups is 2. The molecule has 0 spiro atoms. The molecule has 1 N–H and O–H groups in total. The summed E-state index contributed by atoms with van der Waals surface area (Å²) < 4.78 is 41.6. The Kier molecular flexibility index (Phi) is 6.90. The lowest BCUT2D eigenvalue weighted by molar-refractivity contribution is 0.0746. The average molecular weight is 489 g/mol. The summed E-state index contributed by atoms with van der Waals surface area (Å²) in [5.41, 5.74) is 1.83. The molecule has 2 saturated heterocycles. The quantitative estimate of drug-likeness (QED) is 0.629. The Bertz CT molecular complexity index is 1200. The van der Waals surface area contributed by atoms with Crippen LogP contribution in [0, 0.1) is 5.82 Å². The number of carbonyl (C=O) groups excluding carboxylic acids is 2. The Balaban J connectivity index is 1.55. The number of amides is 1. The number of ketones is 1. The highest BCUT2D eigenvalue weighted by atomic mass is 32.2. The number of piperazine rings is 1. The van der Waals surface area contributed by atoms with Crippen molar-refractivity contribution in [3.05, 3.63) is 53.3 Å². The molecule has 0 aliphatic carbocycles. The van der Waals surface area contributed by atoms with E-state index < -0.39 is 15.8 Å². The van der Waals surface area contributed by atoms with Gasteiger partial charge in [0.05, 0.1) is 16.1 Å². The molecule has 8 nitrogen and oxygen atoms in total. The lowest BCUT2D eigenvalue weighted by Crippen LogP contribution is -2.49. The molecule has 0 atom stereocenters. The van der Waals surface area contributed by atoms with Gasteiger partial charge in [-0.1, -0.05) is 0 Å². The van der Waals surface area contributed by atoms with Gasteiger partial charge < -0.3 is 14.7 Å². The number of nitrogens with zero attached hydrogens (tertiary/aromatic N) is 3. The third-order valence-electron chi connectivity index (χ3n) is 6.49. The highest BCUT2D eigenvalue weighted by molar-refractivity contribution is 7.89. The van der Waals surface area contributed by atoms with E-state index in [-0.39, 0.29) is 16.6 Å². The van der Waals surface area contributed by atoms with Crippen molar-refractivity contribution in [3.63, 3.8) is 0 Å². The van der Waals surface area contributed by atoms with E-state index in [0.29, 0.717) is 43.0 Å². The van der Waals surface area contributed by atoms with Crippen molar-refractivity contribution in [1.29, 1.82) is 0 Å². The summed E-state index contributed by atoms with van der Waals surface area (Å²) >= 11 is 0. The van der Waals surface area contributed by atoms with Crippen molar-refractivity contribution in [2.75, 3.05) is 56.1 Å². The lowest BCUT2D eigenvalue weighted by Gasteiger charge is -2.37. The molecule has 0 radical (unpaired) electrons. The van der Waals surface area contributed by atoms with E-state index in [9.17, 15) is 22.4 Å². The van der Waals surface area contributed by atoms with Crippen LogP contribution in [0.4, 0.5) is 15.8 Å². The summed E-state index contributed by atoms with van der Waals surface area (Å²) in [5.74, 6) is -0.895. The molecule has 0 aromatic heterocycles. The summed E-state index contributed by atoms with van der Waals surface area (Å²) in [7, 11) is -2.36. The molecule has 2 heterocycles. The molecule has 0 unspecified atom stereocenters. The molecular formula is C24H29FN4O4S. The number of nitrogens with one attached hydrogen (secondary N) is 1. The Morgan fingerprint density at radius 3 is 2.09 bits per heavy atom. The maximum atomic E-state index is 14.6. The van der Waals surface area contributed by atoms with Crippen LogP contribution in [0.15, 0.2) is 41.3 Å². The summed E-state index contributed by atoms with van der Waals surface area (Å²) in [6, 6.07) is 9.14. The molecule has 34 heavy (non-hydrogen) atoms. The molecule has 0 saturated carbocycles. The van der Waals surface area contributed by atoms with Crippen LogP contribution >= 0.6 is 0 Å². The third-order valence-corrected chi connectivity index (χ3v) is 7.90. The largest absolute Gasteiger partial charge is 0.371 e. The number of benzene rings is 2. The Morgan fingerprint density at radius 1 is 0.882 bits per heavy atom. The van der Waals surface area contributed by atoms with Gasteiger partial charge in [-0.3, -0.25) is 9.59 Å². The van der Waals surface area contributed by atoms with E-state index >= 15 is 0 Å². The van der Waals surface area contributed by atoms with E-state index in [1.807, 2.05) is 4.90 Å². The van der Waals surface area contributed by atoms with Gasteiger partial charge in [-0.2, -0.15) is 0 Å². The monoisotopic (exact) mass is 488 g/mol. The van der Waals surface area contributed by atoms with Gasteiger partial charge in [0, 0.05) is 50.5 Å². The third kappa shape index (κ3) is 4.78. The number of halogens is 1. The Labute approximate surface area is 199 Å². The van der Waals surface area contributed by atoms with Crippen LogP contribution in [0.1, 0.15) is 40.5 Å². The number of hydrogen-bond donors (Lipinski definition) is 1. The smallest absolute Gasteiger partial charge is 0.256 e. The molecule has 2 aromatic rings. The van der Waals surface area contributed by atoms with Gasteiger partial charge in [-0.25, -0.2) is 17.5 Å². The molecule has 10 heteroatoms. The van der Waals surface area contributed by atoms with E-state index in [2.05, 4.69) is 9.62 Å². The first-order valence-corrected chi connectivity index (χ1v) is 12.9. The molecule has 1 amide bonds. The summed E-state index contributed by atoms with van der Waals surface area (Å²) in [4.78, 5) is 30.7. The second-order valence-corrected chi connectivity index (χ2v) is 10.5. The van der Waals surface area contributed by atoms with Crippen molar-refractivity contribution in [1.82, 2.24) is 9.62 Å². The van der Waals surface area contributed by atoms with E-state index in [1.54, 1.807) is 23.1 Å². The van der Waals surface area contributed by atoms with Crippen molar-refractivity contribution in [2.45, 2.75) is 24.7 Å². The van der Waals surface area contributed by atoms with Gasteiger partial charge in [-0.05, 0) is 63.2 Å². The predicted molar refractivity (Wildman–Crippen MR) is 129 cm³/mol. The minimum absolute atomic E-state index is 0.0487. The Morgan fingerprint density at radius 2 is 1.50 bits per heavy atom. The van der Waals surface area contributed by atoms with Crippen LogP contribution in [-0.4, -0.2) is 71.3 Å².